The number of fused-ring (bicyclic) bond motifs is 1. The molecule has 13 nitrogen and oxygen atoms in total. The van der Waals surface area contributed by atoms with E-state index in [1.54, 1.807) is 0 Å². The SMILES string of the molecule is O=C([O-])CO[C@H]1[C@@H](O)[C@@H](CO)O[C@@H]2[C@@H]1OCO[C@@H]2[C@H]1O[C@H](CO)[C@@H](O)[C@H](O)[C@@H]1O.[Na+]. The first kappa shape index (κ1) is 26.3. The molecule has 0 aliphatic carbocycles. The van der Waals surface area contributed by atoms with Crippen LogP contribution in [0.2, 0.25) is 0 Å². The number of carbonyl (C=O) groups is 1. The molecule has 0 radical (unpaired) electrons. The van der Waals surface area contributed by atoms with Crippen LogP contribution in [0.5, 0.6) is 0 Å². The normalized spacial score (nSPS) is 46.5. The van der Waals surface area contributed by atoms with E-state index in [2.05, 4.69) is 0 Å². The molecule has 3 fully saturated rings. The van der Waals surface area contributed by atoms with Crippen molar-refractivity contribution in [3.8, 4) is 0 Å². The third-order valence-corrected chi connectivity index (χ3v) is 5.37. The van der Waals surface area contributed by atoms with Gasteiger partial charge in [-0.1, -0.05) is 0 Å². The molecule has 30 heavy (non-hydrogen) atoms. The van der Waals surface area contributed by atoms with Crippen LogP contribution < -0.4 is 34.7 Å². The number of carbonyl (C=O) groups excluding carboxylic acids is 1. The van der Waals surface area contributed by atoms with E-state index in [0.29, 0.717) is 0 Å². The summed E-state index contributed by atoms with van der Waals surface area (Å²) < 4.78 is 27.2. The molecular weight excluding hydrogens is 423 g/mol. The van der Waals surface area contributed by atoms with Crippen LogP contribution in [-0.2, 0) is 28.5 Å². The Hall–Kier alpha value is 0.0300. The van der Waals surface area contributed by atoms with Crippen molar-refractivity contribution >= 4 is 5.97 Å². The molecule has 6 N–H and O–H groups in total. The maximum atomic E-state index is 10.8. The Morgan fingerprint density at radius 1 is 0.833 bits per heavy atom. The van der Waals surface area contributed by atoms with Gasteiger partial charge in [-0.3, -0.25) is 0 Å². The average molecular weight is 448 g/mol. The van der Waals surface area contributed by atoms with Crippen molar-refractivity contribution in [3.05, 3.63) is 0 Å². The zero-order valence-electron chi connectivity index (χ0n) is 16.2. The van der Waals surface area contributed by atoms with Crippen LogP contribution in [0.4, 0.5) is 0 Å². The average Bonchev–Trinajstić information content (AvgIpc) is 2.70. The Labute approximate surface area is 193 Å². The van der Waals surface area contributed by atoms with Gasteiger partial charge in [0, 0.05) is 0 Å². The number of ether oxygens (including phenoxy) is 5. The van der Waals surface area contributed by atoms with Crippen LogP contribution in [0.15, 0.2) is 0 Å². The van der Waals surface area contributed by atoms with Gasteiger partial charge in [-0.25, -0.2) is 0 Å². The minimum absolute atomic E-state index is 0. The molecule has 0 spiro atoms. The number of aliphatic hydroxyl groups is 6. The summed E-state index contributed by atoms with van der Waals surface area (Å²) in [5.41, 5.74) is 0. The molecule has 0 bridgehead atoms. The molecule has 0 aromatic rings. The van der Waals surface area contributed by atoms with Gasteiger partial charge < -0.3 is 64.2 Å². The van der Waals surface area contributed by atoms with Crippen LogP contribution in [0.1, 0.15) is 0 Å². The molecule has 3 aliphatic heterocycles. The van der Waals surface area contributed by atoms with Crippen molar-refractivity contribution in [2.75, 3.05) is 26.6 Å². The van der Waals surface area contributed by atoms with Crippen molar-refractivity contribution in [3.63, 3.8) is 0 Å². The number of carboxylic acid groups (broad SMARTS) is 1. The predicted molar refractivity (Wildman–Crippen MR) is 84.9 cm³/mol. The molecule has 0 aromatic heterocycles. The summed E-state index contributed by atoms with van der Waals surface area (Å²) in [7, 11) is 0. The van der Waals surface area contributed by atoms with E-state index in [1.807, 2.05) is 0 Å². The van der Waals surface area contributed by atoms with Gasteiger partial charge in [0.25, 0.3) is 0 Å². The first-order valence-electron chi connectivity index (χ1n) is 9.09. The second-order valence-corrected chi connectivity index (χ2v) is 7.13. The van der Waals surface area contributed by atoms with Gasteiger partial charge in [0.15, 0.2) is 0 Å². The van der Waals surface area contributed by atoms with Gasteiger partial charge in [-0.05, 0) is 0 Å². The summed E-state index contributed by atoms with van der Waals surface area (Å²) >= 11 is 0. The van der Waals surface area contributed by atoms with E-state index in [1.165, 1.54) is 0 Å². The number of carboxylic acids is 1. The number of aliphatic carboxylic acids is 1. The molecule has 3 heterocycles. The quantitative estimate of drug-likeness (QED) is 0.209. The Kier molecular flexibility index (Phi) is 9.85. The number of rotatable bonds is 6. The molecule has 0 amide bonds. The Balaban J connectivity index is 0.00000320. The maximum absolute atomic E-state index is 10.8. The van der Waals surface area contributed by atoms with Crippen molar-refractivity contribution < 1.29 is 93.8 Å². The smallest absolute Gasteiger partial charge is 0.548 e. The van der Waals surface area contributed by atoms with Crippen molar-refractivity contribution in [2.45, 2.75) is 67.1 Å². The summed E-state index contributed by atoms with van der Waals surface area (Å²) in [6.45, 7) is -2.50. The van der Waals surface area contributed by atoms with Crippen LogP contribution in [-0.4, -0.2) is 130 Å². The van der Waals surface area contributed by atoms with Gasteiger partial charge in [0.05, 0.1) is 25.8 Å². The second kappa shape index (κ2) is 11.2. The first-order valence-corrected chi connectivity index (χ1v) is 9.09. The van der Waals surface area contributed by atoms with Gasteiger partial charge in [0.1, 0.15) is 73.9 Å². The van der Waals surface area contributed by atoms with Crippen LogP contribution in [0.25, 0.3) is 0 Å². The molecule has 3 aliphatic rings. The van der Waals surface area contributed by atoms with E-state index >= 15 is 0 Å². The number of hydrogen-bond acceptors (Lipinski definition) is 13. The molecule has 0 saturated carbocycles. The zero-order valence-corrected chi connectivity index (χ0v) is 18.2. The molecule has 0 aromatic carbocycles. The van der Waals surface area contributed by atoms with E-state index in [-0.39, 0.29) is 36.4 Å². The second-order valence-electron chi connectivity index (χ2n) is 7.13. The summed E-state index contributed by atoms with van der Waals surface area (Å²) in [6, 6.07) is 0. The monoisotopic (exact) mass is 448 g/mol. The molecule has 11 atom stereocenters. The molecule has 3 rings (SSSR count). The van der Waals surface area contributed by atoms with Crippen molar-refractivity contribution in [2.24, 2.45) is 0 Å². The largest absolute Gasteiger partial charge is 1.00 e. The summed E-state index contributed by atoms with van der Waals surface area (Å²) in [4.78, 5) is 10.8. The fourth-order valence-corrected chi connectivity index (χ4v) is 3.89. The van der Waals surface area contributed by atoms with E-state index in [4.69, 9.17) is 23.7 Å². The van der Waals surface area contributed by atoms with Gasteiger partial charge >= 0.3 is 29.6 Å². The fraction of sp³-hybridized carbons (Fsp3) is 0.938. The predicted octanol–water partition coefficient (Wildman–Crippen LogP) is -9.17. The summed E-state index contributed by atoms with van der Waals surface area (Å²) in [6.07, 6.45) is -14.5. The van der Waals surface area contributed by atoms with E-state index in [9.17, 15) is 40.5 Å². The van der Waals surface area contributed by atoms with E-state index in [0.717, 1.165) is 0 Å². The zero-order chi connectivity index (χ0) is 21.3. The third-order valence-electron chi connectivity index (χ3n) is 5.37. The first-order chi connectivity index (χ1) is 13.8. The molecular formula is C16H25NaO13. The van der Waals surface area contributed by atoms with Crippen LogP contribution in [0, 0.1) is 0 Å². The minimum Gasteiger partial charge on any atom is -0.548 e. The van der Waals surface area contributed by atoms with Gasteiger partial charge in [-0.2, -0.15) is 0 Å². The Morgan fingerprint density at radius 2 is 1.40 bits per heavy atom. The van der Waals surface area contributed by atoms with E-state index < -0.39 is 92.9 Å². The minimum atomic E-state index is -1.65. The number of aliphatic hydroxyl groups excluding tert-OH is 6. The summed E-state index contributed by atoms with van der Waals surface area (Å²) in [5, 5.41) is 70.4. The van der Waals surface area contributed by atoms with Gasteiger partial charge in [0.2, 0.25) is 0 Å². The molecule has 168 valence electrons. The molecule has 3 saturated heterocycles. The van der Waals surface area contributed by atoms with Gasteiger partial charge in [-0.15, -0.1) is 0 Å². The molecule has 14 heteroatoms. The van der Waals surface area contributed by atoms with Crippen LogP contribution >= 0.6 is 0 Å². The molecule has 0 unspecified atom stereocenters. The Bertz CT molecular complexity index is 565. The standard InChI is InChI=1S/C16H26O13.Na/c17-1-5-8(21)10(23)11(24)13(28-5)15-16-14(26-4-27-15)12(25-3-7(19)20)9(22)6(2-18)29-16;/h5-6,8-18,21-24H,1-4H2,(H,19,20);/q;+1/p-1/t5-,6-,8-,9+,10+,11+,12+,13+,14-,15-,16-;/m1./s1. The third kappa shape index (κ3) is 5.15. The van der Waals surface area contributed by atoms with Crippen LogP contribution in [0.3, 0.4) is 0 Å². The van der Waals surface area contributed by atoms with Crippen molar-refractivity contribution in [1.82, 2.24) is 0 Å². The Morgan fingerprint density at radius 3 is 2.00 bits per heavy atom. The topological polar surface area (TPSA) is 208 Å². The number of hydrogen-bond donors (Lipinski definition) is 6. The fourth-order valence-electron chi connectivity index (χ4n) is 3.89. The van der Waals surface area contributed by atoms with Crippen molar-refractivity contribution in [1.29, 1.82) is 0 Å². The maximum Gasteiger partial charge on any atom is 1.00 e. The summed E-state index contributed by atoms with van der Waals surface area (Å²) in [5.74, 6) is -1.53.